The number of carboxylic acids is 1. The zero-order valence-corrected chi connectivity index (χ0v) is 10.9. The van der Waals surface area contributed by atoms with Crippen molar-refractivity contribution in [2.75, 3.05) is 13.1 Å². The zero-order chi connectivity index (χ0) is 12.3. The van der Waals surface area contributed by atoms with Gasteiger partial charge in [-0.15, -0.1) is 0 Å². The predicted molar refractivity (Wildman–Crippen MR) is 67.9 cm³/mol. The third-order valence-corrected chi connectivity index (χ3v) is 4.90. The molecule has 2 fully saturated rings. The van der Waals surface area contributed by atoms with Gasteiger partial charge in [0.15, 0.2) is 0 Å². The Balaban J connectivity index is 2.03. The molecule has 2 N–H and O–H groups in total. The number of nitrogens with one attached hydrogen (secondary N) is 1. The number of aliphatic carboxylic acids is 1. The maximum Gasteiger partial charge on any atom is 0.308 e. The van der Waals surface area contributed by atoms with E-state index >= 15 is 0 Å². The van der Waals surface area contributed by atoms with E-state index < -0.39 is 5.97 Å². The fourth-order valence-electron chi connectivity index (χ4n) is 3.88. The first-order valence-electron chi connectivity index (χ1n) is 7.11. The number of rotatable bonds is 3. The van der Waals surface area contributed by atoms with Crippen LogP contribution in [-0.4, -0.2) is 24.2 Å². The van der Waals surface area contributed by atoms with Crippen LogP contribution in [0.2, 0.25) is 0 Å². The van der Waals surface area contributed by atoms with Gasteiger partial charge in [0.2, 0.25) is 0 Å². The molecule has 1 aliphatic heterocycles. The fourth-order valence-corrected chi connectivity index (χ4v) is 3.88. The standard InChI is InChI=1S/C14H25NO2/c1-2-4-11-5-3-7-14(8-6-11)10-15-9-12(14)13(16)17/h11-12,15H,2-10H2,1H3,(H,16,17). The highest BCUT2D eigenvalue weighted by molar-refractivity contribution is 5.72. The second-order valence-corrected chi connectivity index (χ2v) is 5.97. The molecule has 0 aromatic carbocycles. The van der Waals surface area contributed by atoms with Crippen LogP contribution >= 0.6 is 0 Å². The molecule has 0 amide bonds. The van der Waals surface area contributed by atoms with Crippen molar-refractivity contribution in [2.24, 2.45) is 17.3 Å². The first-order valence-corrected chi connectivity index (χ1v) is 7.11. The van der Waals surface area contributed by atoms with Crippen molar-refractivity contribution in [3.8, 4) is 0 Å². The molecule has 1 aliphatic carbocycles. The van der Waals surface area contributed by atoms with Crippen LogP contribution in [0, 0.1) is 17.3 Å². The quantitative estimate of drug-likeness (QED) is 0.796. The van der Waals surface area contributed by atoms with Gasteiger partial charge in [-0.05, 0) is 30.6 Å². The molecular formula is C14H25NO2. The minimum Gasteiger partial charge on any atom is -0.481 e. The molecule has 2 aliphatic rings. The lowest BCUT2D eigenvalue weighted by Gasteiger charge is -2.31. The van der Waals surface area contributed by atoms with Crippen LogP contribution in [0.3, 0.4) is 0 Å². The van der Waals surface area contributed by atoms with Gasteiger partial charge in [0.05, 0.1) is 5.92 Å². The molecule has 0 bridgehead atoms. The van der Waals surface area contributed by atoms with E-state index in [1.807, 2.05) is 0 Å². The SMILES string of the molecule is CCCC1CCCC2(CC1)CNCC2C(=O)O. The van der Waals surface area contributed by atoms with Crippen molar-refractivity contribution in [1.82, 2.24) is 5.32 Å². The molecule has 3 heteroatoms. The highest BCUT2D eigenvalue weighted by Gasteiger charge is 2.47. The van der Waals surface area contributed by atoms with E-state index in [1.165, 1.54) is 32.1 Å². The van der Waals surface area contributed by atoms with E-state index in [0.717, 1.165) is 25.3 Å². The first kappa shape index (κ1) is 12.9. The summed E-state index contributed by atoms with van der Waals surface area (Å²) in [5.74, 6) is 0.0984. The average Bonchev–Trinajstić information content (AvgIpc) is 2.59. The van der Waals surface area contributed by atoms with Gasteiger partial charge in [0, 0.05) is 13.1 Å². The lowest BCUT2D eigenvalue weighted by atomic mass is 9.72. The van der Waals surface area contributed by atoms with Crippen LogP contribution in [0.4, 0.5) is 0 Å². The minimum atomic E-state index is -0.594. The van der Waals surface area contributed by atoms with Crippen LogP contribution < -0.4 is 5.32 Å². The van der Waals surface area contributed by atoms with Gasteiger partial charge in [-0.1, -0.05) is 32.6 Å². The van der Waals surface area contributed by atoms with Crippen molar-refractivity contribution in [3.63, 3.8) is 0 Å². The summed E-state index contributed by atoms with van der Waals surface area (Å²) in [5, 5.41) is 12.7. The van der Waals surface area contributed by atoms with E-state index in [4.69, 9.17) is 0 Å². The molecule has 0 aromatic heterocycles. The molecule has 17 heavy (non-hydrogen) atoms. The summed E-state index contributed by atoms with van der Waals surface area (Å²) in [7, 11) is 0. The molecule has 1 heterocycles. The first-order chi connectivity index (χ1) is 8.18. The Morgan fingerprint density at radius 2 is 2.24 bits per heavy atom. The molecule has 1 saturated heterocycles. The lowest BCUT2D eigenvalue weighted by Crippen LogP contribution is -2.34. The number of carboxylic acid groups (broad SMARTS) is 1. The Morgan fingerprint density at radius 1 is 1.41 bits per heavy atom. The summed E-state index contributed by atoms with van der Waals surface area (Å²) < 4.78 is 0. The van der Waals surface area contributed by atoms with Gasteiger partial charge < -0.3 is 10.4 Å². The molecule has 3 unspecified atom stereocenters. The zero-order valence-electron chi connectivity index (χ0n) is 10.9. The van der Waals surface area contributed by atoms with Crippen LogP contribution in [0.25, 0.3) is 0 Å². The van der Waals surface area contributed by atoms with E-state index in [0.29, 0.717) is 6.54 Å². The van der Waals surface area contributed by atoms with Crippen molar-refractivity contribution in [3.05, 3.63) is 0 Å². The van der Waals surface area contributed by atoms with E-state index in [-0.39, 0.29) is 11.3 Å². The maximum absolute atomic E-state index is 11.4. The summed E-state index contributed by atoms with van der Waals surface area (Å²) in [5.41, 5.74) is 0.0638. The number of carbonyl (C=O) groups is 1. The van der Waals surface area contributed by atoms with Crippen molar-refractivity contribution in [2.45, 2.75) is 51.9 Å². The smallest absolute Gasteiger partial charge is 0.308 e. The molecule has 2 rings (SSSR count). The van der Waals surface area contributed by atoms with Gasteiger partial charge in [-0.3, -0.25) is 4.79 Å². The molecule has 3 nitrogen and oxygen atoms in total. The Labute approximate surface area is 104 Å². The number of hydrogen-bond donors (Lipinski definition) is 2. The molecule has 1 saturated carbocycles. The normalized spacial score (nSPS) is 38.2. The van der Waals surface area contributed by atoms with E-state index in [1.54, 1.807) is 0 Å². The molecule has 0 radical (unpaired) electrons. The van der Waals surface area contributed by atoms with E-state index in [9.17, 15) is 9.90 Å². The lowest BCUT2D eigenvalue weighted by molar-refractivity contribution is -0.145. The second kappa shape index (κ2) is 5.38. The third-order valence-electron chi connectivity index (χ3n) is 4.90. The topological polar surface area (TPSA) is 49.3 Å². The minimum absolute atomic E-state index is 0.0638. The van der Waals surface area contributed by atoms with Gasteiger partial charge >= 0.3 is 5.97 Å². The Kier molecular flexibility index (Phi) is 4.08. The van der Waals surface area contributed by atoms with Gasteiger partial charge in [-0.25, -0.2) is 0 Å². The highest BCUT2D eigenvalue weighted by Crippen LogP contribution is 2.45. The monoisotopic (exact) mass is 239 g/mol. The predicted octanol–water partition coefficient (Wildman–Crippen LogP) is 2.66. The Bertz CT molecular complexity index is 279. The molecular weight excluding hydrogens is 214 g/mol. The molecule has 98 valence electrons. The van der Waals surface area contributed by atoms with Crippen LogP contribution in [0.5, 0.6) is 0 Å². The third kappa shape index (κ3) is 2.65. The van der Waals surface area contributed by atoms with Gasteiger partial charge in [-0.2, -0.15) is 0 Å². The second-order valence-electron chi connectivity index (χ2n) is 5.97. The summed E-state index contributed by atoms with van der Waals surface area (Å²) in [6, 6.07) is 0. The van der Waals surface area contributed by atoms with Crippen molar-refractivity contribution < 1.29 is 9.90 Å². The van der Waals surface area contributed by atoms with Gasteiger partial charge in [0.25, 0.3) is 0 Å². The Morgan fingerprint density at radius 3 is 2.94 bits per heavy atom. The average molecular weight is 239 g/mol. The van der Waals surface area contributed by atoms with Crippen molar-refractivity contribution in [1.29, 1.82) is 0 Å². The fraction of sp³-hybridized carbons (Fsp3) is 0.929. The number of hydrogen-bond acceptors (Lipinski definition) is 2. The molecule has 3 atom stereocenters. The largest absolute Gasteiger partial charge is 0.481 e. The van der Waals surface area contributed by atoms with Crippen molar-refractivity contribution >= 4 is 5.97 Å². The van der Waals surface area contributed by atoms with Crippen LogP contribution in [-0.2, 0) is 4.79 Å². The summed E-state index contributed by atoms with van der Waals surface area (Å²) in [4.78, 5) is 11.4. The summed E-state index contributed by atoms with van der Waals surface area (Å²) >= 11 is 0. The van der Waals surface area contributed by atoms with Gasteiger partial charge in [0.1, 0.15) is 0 Å². The summed E-state index contributed by atoms with van der Waals surface area (Å²) in [6.07, 6.45) is 8.57. The van der Waals surface area contributed by atoms with E-state index in [2.05, 4.69) is 12.2 Å². The maximum atomic E-state index is 11.4. The Hall–Kier alpha value is -0.570. The van der Waals surface area contributed by atoms with Crippen LogP contribution in [0.1, 0.15) is 51.9 Å². The van der Waals surface area contributed by atoms with Crippen LogP contribution in [0.15, 0.2) is 0 Å². The molecule has 0 aromatic rings. The summed E-state index contributed by atoms with van der Waals surface area (Å²) in [6.45, 7) is 3.84. The molecule has 1 spiro atoms. The highest BCUT2D eigenvalue weighted by atomic mass is 16.4.